The molecule has 3 rings (SSSR count). The van der Waals surface area contributed by atoms with Crippen molar-refractivity contribution in [1.29, 1.82) is 0 Å². The Morgan fingerprint density at radius 2 is 1.59 bits per heavy atom. The van der Waals surface area contributed by atoms with Crippen LogP contribution in [0.3, 0.4) is 0 Å². The predicted octanol–water partition coefficient (Wildman–Crippen LogP) is 3.33. The topological polar surface area (TPSA) is 100 Å². The fourth-order valence-corrected chi connectivity index (χ4v) is 2.67. The van der Waals surface area contributed by atoms with Crippen LogP contribution in [-0.4, -0.2) is 36.1 Å². The average molecular weight is 393 g/mol. The summed E-state index contributed by atoms with van der Waals surface area (Å²) < 4.78 is 5.26. The molecule has 0 aliphatic heterocycles. The molecule has 2 amide bonds. The van der Waals surface area contributed by atoms with Gasteiger partial charge in [-0.15, -0.1) is 0 Å². The van der Waals surface area contributed by atoms with Gasteiger partial charge in [-0.25, -0.2) is 0 Å². The first-order valence-electron chi connectivity index (χ1n) is 9.18. The summed E-state index contributed by atoms with van der Waals surface area (Å²) in [6.45, 7) is 1.44. The number of aryl methyl sites for hydroxylation is 1. The third-order valence-electron chi connectivity index (χ3n) is 4.16. The number of amides is 2. The van der Waals surface area contributed by atoms with E-state index in [9.17, 15) is 9.59 Å². The van der Waals surface area contributed by atoms with Gasteiger partial charge in [-0.3, -0.25) is 9.59 Å². The molecule has 3 aromatic rings. The number of carbonyl (C=O) groups is 2. The second kappa shape index (κ2) is 9.01. The molecule has 8 nitrogen and oxygen atoms in total. The van der Waals surface area contributed by atoms with E-state index in [1.54, 1.807) is 24.3 Å². The zero-order valence-corrected chi connectivity index (χ0v) is 16.6. The Morgan fingerprint density at radius 1 is 0.966 bits per heavy atom. The summed E-state index contributed by atoms with van der Waals surface area (Å²) in [6.07, 6.45) is 0.563. The van der Waals surface area contributed by atoms with E-state index in [1.165, 1.54) is 6.92 Å². The van der Waals surface area contributed by atoms with Gasteiger partial charge in [0.25, 0.3) is 0 Å². The normalized spacial score (nSPS) is 10.4. The Bertz CT molecular complexity index is 978. The summed E-state index contributed by atoms with van der Waals surface area (Å²) in [5.74, 6) is 0.605. The lowest BCUT2D eigenvalue weighted by atomic mass is 10.2. The summed E-state index contributed by atoms with van der Waals surface area (Å²) in [6, 6.07) is 14.7. The van der Waals surface area contributed by atoms with Gasteiger partial charge in [0.1, 0.15) is 0 Å². The van der Waals surface area contributed by atoms with Crippen LogP contribution >= 0.6 is 0 Å². The summed E-state index contributed by atoms with van der Waals surface area (Å²) in [5, 5.41) is 9.47. The number of aromatic nitrogens is 2. The average Bonchev–Trinajstić information content (AvgIpc) is 3.17. The van der Waals surface area contributed by atoms with Crippen molar-refractivity contribution in [2.45, 2.75) is 19.8 Å². The largest absolute Gasteiger partial charge is 0.378 e. The molecule has 0 aliphatic rings. The molecular formula is C21H23N5O3. The molecule has 0 aliphatic carbocycles. The fourth-order valence-electron chi connectivity index (χ4n) is 2.67. The molecule has 0 saturated carbocycles. The number of benzene rings is 2. The van der Waals surface area contributed by atoms with Crippen LogP contribution in [-0.2, 0) is 16.0 Å². The molecule has 0 bridgehead atoms. The summed E-state index contributed by atoms with van der Waals surface area (Å²) in [5.41, 5.74) is 3.26. The van der Waals surface area contributed by atoms with E-state index in [1.807, 2.05) is 43.3 Å². The molecule has 0 saturated heterocycles. The number of nitrogens with zero attached hydrogens (tertiary/aromatic N) is 3. The molecule has 0 unspecified atom stereocenters. The van der Waals surface area contributed by atoms with Gasteiger partial charge in [0, 0.05) is 56.5 Å². The zero-order valence-electron chi connectivity index (χ0n) is 16.6. The van der Waals surface area contributed by atoms with Gasteiger partial charge >= 0.3 is 0 Å². The maximum atomic E-state index is 12.2. The standard InChI is InChI=1S/C21H23N5O3/c1-14(27)22-16-6-8-17(9-7-16)23-19(28)12-13-20-24-21(25-29-20)15-4-10-18(11-5-15)26(2)3/h4-11H,12-13H2,1-3H3,(H,22,27)(H,23,28). The summed E-state index contributed by atoms with van der Waals surface area (Å²) in [7, 11) is 3.95. The number of carbonyl (C=O) groups excluding carboxylic acids is 2. The number of anilines is 3. The summed E-state index contributed by atoms with van der Waals surface area (Å²) in [4.78, 5) is 29.6. The maximum Gasteiger partial charge on any atom is 0.227 e. The molecule has 0 fully saturated rings. The van der Waals surface area contributed by atoms with Crippen LogP contribution in [0.15, 0.2) is 53.1 Å². The third kappa shape index (κ3) is 5.65. The molecule has 0 spiro atoms. The van der Waals surface area contributed by atoms with Crippen LogP contribution in [0.25, 0.3) is 11.4 Å². The molecule has 29 heavy (non-hydrogen) atoms. The minimum absolute atomic E-state index is 0.144. The van der Waals surface area contributed by atoms with Crippen molar-refractivity contribution in [3.8, 4) is 11.4 Å². The van der Waals surface area contributed by atoms with Crippen molar-refractivity contribution in [1.82, 2.24) is 10.1 Å². The van der Waals surface area contributed by atoms with E-state index in [0.717, 1.165) is 11.3 Å². The number of nitrogens with one attached hydrogen (secondary N) is 2. The Kier molecular flexibility index (Phi) is 6.23. The van der Waals surface area contributed by atoms with Gasteiger partial charge in [-0.05, 0) is 48.5 Å². The van der Waals surface area contributed by atoms with Gasteiger partial charge in [0.2, 0.25) is 23.5 Å². The number of rotatable bonds is 7. The van der Waals surface area contributed by atoms with Gasteiger partial charge < -0.3 is 20.1 Å². The van der Waals surface area contributed by atoms with Crippen molar-refractivity contribution >= 4 is 28.9 Å². The predicted molar refractivity (Wildman–Crippen MR) is 112 cm³/mol. The quantitative estimate of drug-likeness (QED) is 0.639. The van der Waals surface area contributed by atoms with Crippen molar-refractivity contribution in [2.75, 3.05) is 29.6 Å². The first kappa shape index (κ1) is 20.1. The molecule has 0 atom stereocenters. The van der Waals surface area contributed by atoms with Crippen LogP contribution in [0.1, 0.15) is 19.2 Å². The Labute approximate surface area is 168 Å². The highest BCUT2D eigenvalue weighted by Gasteiger charge is 2.11. The van der Waals surface area contributed by atoms with Crippen molar-refractivity contribution < 1.29 is 14.1 Å². The van der Waals surface area contributed by atoms with E-state index in [-0.39, 0.29) is 18.2 Å². The Balaban J connectivity index is 1.52. The van der Waals surface area contributed by atoms with Crippen LogP contribution < -0.4 is 15.5 Å². The number of hydrogen-bond acceptors (Lipinski definition) is 6. The second-order valence-corrected chi connectivity index (χ2v) is 6.76. The highest BCUT2D eigenvalue weighted by atomic mass is 16.5. The van der Waals surface area contributed by atoms with E-state index in [0.29, 0.717) is 29.5 Å². The van der Waals surface area contributed by atoms with Gasteiger partial charge in [-0.1, -0.05) is 5.16 Å². The zero-order chi connectivity index (χ0) is 20.8. The third-order valence-corrected chi connectivity index (χ3v) is 4.16. The van der Waals surface area contributed by atoms with Gasteiger partial charge in [0.05, 0.1) is 0 Å². The molecule has 2 aromatic carbocycles. The lowest BCUT2D eigenvalue weighted by Crippen LogP contribution is -2.12. The molecular weight excluding hydrogens is 370 g/mol. The summed E-state index contributed by atoms with van der Waals surface area (Å²) >= 11 is 0. The smallest absolute Gasteiger partial charge is 0.227 e. The van der Waals surface area contributed by atoms with Gasteiger partial charge in [-0.2, -0.15) is 4.98 Å². The van der Waals surface area contributed by atoms with E-state index >= 15 is 0 Å². The highest BCUT2D eigenvalue weighted by Crippen LogP contribution is 2.20. The highest BCUT2D eigenvalue weighted by molar-refractivity contribution is 5.92. The molecule has 0 radical (unpaired) electrons. The van der Waals surface area contributed by atoms with Crippen LogP contribution in [0.4, 0.5) is 17.1 Å². The monoisotopic (exact) mass is 393 g/mol. The molecule has 150 valence electrons. The van der Waals surface area contributed by atoms with E-state index in [4.69, 9.17) is 4.52 Å². The maximum absolute atomic E-state index is 12.2. The Hall–Kier alpha value is -3.68. The van der Waals surface area contributed by atoms with Crippen LogP contribution in [0, 0.1) is 0 Å². The van der Waals surface area contributed by atoms with Crippen molar-refractivity contribution in [3.63, 3.8) is 0 Å². The van der Waals surface area contributed by atoms with E-state index in [2.05, 4.69) is 20.8 Å². The van der Waals surface area contributed by atoms with Crippen molar-refractivity contribution in [3.05, 3.63) is 54.4 Å². The molecule has 8 heteroatoms. The number of hydrogen-bond donors (Lipinski definition) is 2. The first-order valence-corrected chi connectivity index (χ1v) is 9.18. The molecule has 1 heterocycles. The lowest BCUT2D eigenvalue weighted by molar-refractivity contribution is -0.116. The van der Waals surface area contributed by atoms with Crippen molar-refractivity contribution in [2.24, 2.45) is 0 Å². The van der Waals surface area contributed by atoms with Gasteiger partial charge in [0.15, 0.2) is 0 Å². The minimum Gasteiger partial charge on any atom is -0.378 e. The fraction of sp³-hybridized carbons (Fsp3) is 0.238. The molecule has 2 N–H and O–H groups in total. The molecule has 1 aromatic heterocycles. The SMILES string of the molecule is CC(=O)Nc1ccc(NC(=O)CCc2nc(-c3ccc(N(C)C)cc3)no2)cc1. The second-order valence-electron chi connectivity index (χ2n) is 6.76. The lowest BCUT2D eigenvalue weighted by Gasteiger charge is -2.11. The van der Waals surface area contributed by atoms with Crippen LogP contribution in [0.5, 0.6) is 0 Å². The van der Waals surface area contributed by atoms with Crippen LogP contribution in [0.2, 0.25) is 0 Å². The minimum atomic E-state index is -0.160. The Morgan fingerprint density at radius 3 is 2.17 bits per heavy atom. The van der Waals surface area contributed by atoms with E-state index < -0.39 is 0 Å². The first-order chi connectivity index (χ1) is 13.9.